The Morgan fingerprint density at radius 3 is 2.19 bits per heavy atom. The van der Waals surface area contributed by atoms with Gasteiger partial charge in [-0.05, 0) is 59.2 Å². The van der Waals surface area contributed by atoms with Crippen molar-refractivity contribution in [3.05, 3.63) is 29.5 Å². The number of rotatable bonds is 7. The predicted octanol–water partition coefficient (Wildman–Crippen LogP) is 5.72. The summed E-state index contributed by atoms with van der Waals surface area (Å²) in [5.41, 5.74) is 2.03. The molecule has 13 heteroatoms. The Kier molecular flexibility index (Phi) is 11.8. The third-order valence-electron chi connectivity index (χ3n) is 7.66. The third kappa shape index (κ3) is 9.43. The molecular weight excluding hydrogens is 567 g/mol. The number of piperazine rings is 1. The molecule has 1 atom stereocenters. The van der Waals surface area contributed by atoms with E-state index in [0.717, 1.165) is 75.7 Å². The summed E-state index contributed by atoms with van der Waals surface area (Å²) in [7, 11) is 2.41. The Balaban J connectivity index is 0.000000892. The van der Waals surface area contributed by atoms with E-state index < -0.39 is 22.7 Å². The Labute approximate surface area is 250 Å². The first-order valence-corrected chi connectivity index (χ1v) is 16.0. The molecule has 1 unspecified atom stereocenters. The zero-order chi connectivity index (χ0) is 31.1. The summed E-state index contributed by atoms with van der Waals surface area (Å²) in [4.78, 5) is 13.1. The van der Waals surface area contributed by atoms with Gasteiger partial charge in [-0.15, -0.1) is 0 Å². The monoisotopic (exact) mass is 613 g/mol. The molecule has 0 bridgehead atoms. The fourth-order valence-electron chi connectivity index (χ4n) is 5.22. The summed E-state index contributed by atoms with van der Waals surface area (Å²) < 4.78 is 59.0. The molecule has 2 aliphatic rings. The number of ether oxygens (including phenoxy) is 1. The predicted molar refractivity (Wildman–Crippen MR) is 165 cm³/mol. The molecule has 2 heterocycles. The van der Waals surface area contributed by atoms with Crippen molar-refractivity contribution in [3.8, 4) is 5.75 Å². The van der Waals surface area contributed by atoms with Crippen LogP contribution in [0.2, 0.25) is 0 Å². The molecule has 1 saturated carbocycles. The Bertz CT molecular complexity index is 1190. The van der Waals surface area contributed by atoms with Gasteiger partial charge in [-0.2, -0.15) is 18.2 Å². The van der Waals surface area contributed by atoms with E-state index in [9.17, 15) is 17.4 Å². The lowest BCUT2D eigenvalue weighted by Gasteiger charge is -2.43. The van der Waals surface area contributed by atoms with Crippen molar-refractivity contribution in [2.45, 2.75) is 77.6 Å². The van der Waals surface area contributed by atoms with E-state index >= 15 is 0 Å². The van der Waals surface area contributed by atoms with E-state index in [2.05, 4.69) is 55.9 Å². The van der Waals surface area contributed by atoms with Gasteiger partial charge in [-0.1, -0.05) is 19.3 Å². The molecule has 236 valence electrons. The molecule has 42 heavy (non-hydrogen) atoms. The van der Waals surface area contributed by atoms with Crippen LogP contribution in [0.4, 0.5) is 36.3 Å². The van der Waals surface area contributed by atoms with Crippen LogP contribution >= 0.6 is 0 Å². The first-order valence-electron chi connectivity index (χ1n) is 14.4. The minimum absolute atomic E-state index is 0.0209. The van der Waals surface area contributed by atoms with Gasteiger partial charge in [-0.3, -0.25) is 4.90 Å². The first kappa shape index (κ1) is 33.9. The maximum absolute atomic E-state index is 13.7. The number of aryl methyl sites for hydroxylation is 1. The number of hydrogen-bond donors (Lipinski definition) is 3. The average molecular weight is 614 g/mol. The zero-order valence-corrected chi connectivity index (χ0v) is 26.6. The van der Waals surface area contributed by atoms with Crippen LogP contribution in [0.1, 0.15) is 64.0 Å². The topological polar surface area (TPSA) is 94.7 Å². The number of halogens is 3. The molecule has 2 fully saturated rings. The molecule has 1 aromatic heterocycles. The normalized spacial score (nSPS) is 17.7. The van der Waals surface area contributed by atoms with Crippen LogP contribution in [-0.2, 0) is 17.2 Å². The van der Waals surface area contributed by atoms with Crippen LogP contribution in [0, 0.1) is 6.92 Å². The first-order chi connectivity index (χ1) is 19.7. The second-order valence-corrected chi connectivity index (χ2v) is 13.0. The van der Waals surface area contributed by atoms with Gasteiger partial charge in [-0.25, -0.2) is 13.9 Å². The lowest BCUT2D eigenvalue weighted by Crippen LogP contribution is -2.53. The van der Waals surface area contributed by atoms with Crippen molar-refractivity contribution in [3.63, 3.8) is 0 Å². The van der Waals surface area contributed by atoms with Crippen molar-refractivity contribution < 1.29 is 22.1 Å². The lowest BCUT2D eigenvalue weighted by atomic mass is 9.95. The van der Waals surface area contributed by atoms with Crippen molar-refractivity contribution in [2.24, 2.45) is 0 Å². The molecule has 0 radical (unpaired) electrons. The minimum Gasteiger partial charge on any atom is -0.494 e. The van der Waals surface area contributed by atoms with Crippen molar-refractivity contribution in [2.75, 3.05) is 62.1 Å². The summed E-state index contributed by atoms with van der Waals surface area (Å²) in [5, 5.41) is 6.13. The molecule has 0 amide bonds. The summed E-state index contributed by atoms with van der Waals surface area (Å²) in [6, 6.07) is 3.90. The summed E-state index contributed by atoms with van der Waals surface area (Å²) in [6.45, 7) is 12.5. The highest BCUT2D eigenvalue weighted by Crippen LogP contribution is 2.38. The Morgan fingerprint density at radius 2 is 1.67 bits per heavy atom. The number of aromatic nitrogens is 2. The highest BCUT2D eigenvalue weighted by atomic mass is 32.2. The van der Waals surface area contributed by atoms with Crippen LogP contribution in [0.3, 0.4) is 0 Å². The van der Waals surface area contributed by atoms with Crippen LogP contribution < -0.4 is 25.0 Å². The third-order valence-corrected chi connectivity index (χ3v) is 8.24. The van der Waals surface area contributed by atoms with Crippen LogP contribution in [0.25, 0.3) is 0 Å². The maximum Gasteiger partial charge on any atom is 0.421 e. The van der Waals surface area contributed by atoms with Gasteiger partial charge < -0.3 is 20.3 Å². The van der Waals surface area contributed by atoms with Crippen molar-refractivity contribution in [1.29, 1.82) is 0 Å². The fraction of sp³-hybridized carbons (Fsp3) is 0.655. The second-order valence-electron chi connectivity index (χ2n) is 11.7. The van der Waals surface area contributed by atoms with Gasteiger partial charge in [0.15, 0.2) is 0 Å². The number of alkyl halides is 3. The summed E-state index contributed by atoms with van der Waals surface area (Å²) in [6.07, 6.45) is 2.69. The van der Waals surface area contributed by atoms with E-state index in [1.807, 2.05) is 19.1 Å². The summed E-state index contributed by atoms with van der Waals surface area (Å²) >= 11 is 0. The van der Waals surface area contributed by atoms with Gasteiger partial charge >= 0.3 is 6.18 Å². The van der Waals surface area contributed by atoms with Gasteiger partial charge in [0.1, 0.15) is 17.1 Å². The van der Waals surface area contributed by atoms with Gasteiger partial charge in [0.05, 0.1) is 23.8 Å². The smallest absolute Gasteiger partial charge is 0.421 e. The number of methoxy groups -OCH3 is 1. The van der Waals surface area contributed by atoms with E-state index in [-0.39, 0.29) is 23.3 Å². The van der Waals surface area contributed by atoms with Crippen LogP contribution in [0.15, 0.2) is 18.3 Å². The fourth-order valence-corrected chi connectivity index (χ4v) is 5.22. The maximum atomic E-state index is 13.7. The zero-order valence-electron chi connectivity index (χ0n) is 25.8. The van der Waals surface area contributed by atoms with E-state index in [4.69, 9.17) is 4.74 Å². The average Bonchev–Trinajstić information content (AvgIpc) is 2.93. The second kappa shape index (κ2) is 14.7. The molecule has 2 aromatic rings. The highest BCUT2D eigenvalue weighted by molar-refractivity contribution is 7.82. The molecule has 1 saturated heterocycles. The molecular formula is C29H46F3N7O2S. The molecule has 1 aliphatic carbocycles. The van der Waals surface area contributed by atoms with E-state index in [1.165, 1.54) is 0 Å². The Morgan fingerprint density at radius 1 is 1.05 bits per heavy atom. The van der Waals surface area contributed by atoms with Crippen molar-refractivity contribution >= 4 is 34.1 Å². The number of nitrogens with one attached hydrogen (secondary N) is 3. The van der Waals surface area contributed by atoms with Gasteiger partial charge in [0.25, 0.3) is 0 Å². The summed E-state index contributed by atoms with van der Waals surface area (Å²) in [5.74, 6) is 0.501. The van der Waals surface area contributed by atoms with E-state index in [0.29, 0.717) is 11.4 Å². The SMILES string of the molecule is CNS(C)=O.COc1cc(N2CCN(C(C)(C)C)CC2)c(C)cc1Nc1ncc(C(F)(F)F)c(NC2CCCCC2)n1. The molecule has 1 aromatic carbocycles. The number of nitrogens with zero attached hydrogens (tertiary/aromatic N) is 4. The number of benzene rings is 1. The van der Waals surface area contributed by atoms with Crippen molar-refractivity contribution in [1.82, 2.24) is 19.6 Å². The van der Waals surface area contributed by atoms with Gasteiger partial charge in [0.2, 0.25) is 5.95 Å². The molecule has 4 rings (SSSR count). The largest absolute Gasteiger partial charge is 0.494 e. The molecule has 9 nitrogen and oxygen atoms in total. The molecule has 0 spiro atoms. The Hall–Kier alpha value is -2.64. The highest BCUT2D eigenvalue weighted by Gasteiger charge is 2.36. The van der Waals surface area contributed by atoms with Gasteiger partial charge in [0, 0.05) is 62.0 Å². The quantitative estimate of drug-likeness (QED) is 0.365. The van der Waals surface area contributed by atoms with E-state index in [1.54, 1.807) is 20.4 Å². The van der Waals surface area contributed by atoms with Crippen LogP contribution in [0.5, 0.6) is 5.75 Å². The lowest BCUT2D eigenvalue weighted by molar-refractivity contribution is -0.137. The number of anilines is 4. The van der Waals surface area contributed by atoms with Crippen LogP contribution in [-0.4, -0.2) is 77.2 Å². The molecule has 1 aliphatic heterocycles. The minimum atomic E-state index is -4.54. The number of hydrogen-bond acceptors (Lipinski definition) is 8. The standard InChI is InChI=1S/C27H39F3N6O.C2H7NOS/c1-18-15-21(23(37-5)16-22(18)35-11-13-36(14-12-35)26(2,3)4)33-25-31-17-20(27(28,29)30)24(34-25)32-19-9-7-6-8-10-19;1-3-5(2)4/h15-17,19H,6-14H2,1-5H3,(H2,31,32,33,34);3H,1-2H3. The molecule has 3 N–H and O–H groups in total.